The van der Waals surface area contributed by atoms with Crippen molar-refractivity contribution in [1.29, 1.82) is 0 Å². The summed E-state index contributed by atoms with van der Waals surface area (Å²) in [5, 5.41) is 9.46. The lowest BCUT2D eigenvalue weighted by Gasteiger charge is -2.12. The maximum Gasteiger partial charge on any atom is 0.416 e. The van der Waals surface area contributed by atoms with Crippen LogP contribution in [-0.4, -0.2) is 11.7 Å². The Kier molecular flexibility index (Phi) is 4.65. The fourth-order valence-corrected chi connectivity index (χ4v) is 1.79. The van der Waals surface area contributed by atoms with Gasteiger partial charge >= 0.3 is 6.18 Å². The normalized spacial score (nSPS) is 11.8. The van der Waals surface area contributed by atoms with E-state index in [0.29, 0.717) is 31.0 Å². The molecule has 0 aliphatic carbocycles. The number of aromatic hydroxyl groups is 1. The molecule has 6 heteroatoms. The molecule has 17 heavy (non-hydrogen) atoms. The van der Waals surface area contributed by atoms with Crippen LogP contribution in [-0.2, 0) is 12.6 Å². The minimum atomic E-state index is -4.50. The highest BCUT2D eigenvalue weighted by atomic mass is 35.5. The van der Waals surface area contributed by atoms with Gasteiger partial charge in [-0.25, -0.2) is 0 Å². The summed E-state index contributed by atoms with van der Waals surface area (Å²) in [5.41, 5.74) is 4.70. The summed E-state index contributed by atoms with van der Waals surface area (Å²) in [4.78, 5) is 0. The van der Waals surface area contributed by atoms with E-state index in [-0.39, 0.29) is 5.02 Å². The fourth-order valence-electron chi connectivity index (χ4n) is 1.48. The van der Waals surface area contributed by atoms with Gasteiger partial charge in [-0.1, -0.05) is 11.6 Å². The zero-order valence-electron chi connectivity index (χ0n) is 9.02. The number of alkyl halides is 3. The molecule has 0 bridgehead atoms. The average Bonchev–Trinajstić information content (AvgIpc) is 2.20. The van der Waals surface area contributed by atoms with Crippen LogP contribution in [0.4, 0.5) is 13.2 Å². The summed E-state index contributed by atoms with van der Waals surface area (Å²) in [6, 6.07) is 1.53. The maximum atomic E-state index is 12.4. The van der Waals surface area contributed by atoms with Crippen LogP contribution in [0, 0.1) is 0 Å². The van der Waals surface area contributed by atoms with E-state index in [2.05, 4.69) is 0 Å². The molecule has 0 amide bonds. The van der Waals surface area contributed by atoms with Gasteiger partial charge in [-0.05, 0) is 37.9 Å². The molecule has 0 atom stereocenters. The zero-order chi connectivity index (χ0) is 13.1. The van der Waals surface area contributed by atoms with Crippen LogP contribution in [0.3, 0.4) is 0 Å². The minimum absolute atomic E-state index is 0.0608. The SMILES string of the molecule is NCCCCc1c(O)cc(C(F)(F)F)cc1Cl. The smallest absolute Gasteiger partial charge is 0.416 e. The summed E-state index contributed by atoms with van der Waals surface area (Å²) in [5.74, 6) is -0.415. The number of phenolic OH excluding ortho intramolecular Hbond substituents is 1. The van der Waals surface area contributed by atoms with Gasteiger partial charge in [-0.2, -0.15) is 13.2 Å². The monoisotopic (exact) mass is 267 g/mol. The Hall–Kier alpha value is -0.940. The van der Waals surface area contributed by atoms with E-state index in [0.717, 1.165) is 12.5 Å². The van der Waals surface area contributed by atoms with Crippen molar-refractivity contribution < 1.29 is 18.3 Å². The Balaban J connectivity index is 2.95. The fraction of sp³-hybridized carbons (Fsp3) is 0.455. The molecule has 1 aromatic rings. The molecule has 0 fully saturated rings. The first kappa shape index (κ1) is 14.1. The van der Waals surface area contributed by atoms with E-state index in [1.54, 1.807) is 0 Å². The average molecular weight is 268 g/mol. The molecule has 0 spiro atoms. The van der Waals surface area contributed by atoms with Crippen LogP contribution in [0.25, 0.3) is 0 Å². The molecule has 0 aromatic heterocycles. The number of phenols is 1. The van der Waals surface area contributed by atoms with Gasteiger partial charge in [0.1, 0.15) is 5.75 Å². The van der Waals surface area contributed by atoms with E-state index in [1.165, 1.54) is 0 Å². The Morgan fingerprint density at radius 3 is 2.35 bits per heavy atom. The Bertz CT molecular complexity index is 370. The first-order valence-electron chi connectivity index (χ1n) is 5.15. The van der Waals surface area contributed by atoms with Crippen LogP contribution in [0.15, 0.2) is 12.1 Å². The Labute approximate surface area is 102 Å². The van der Waals surface area contributed by atoms with Gasteiger partial charge in [0.25, 0.3) is 0 Å². The summed E-state index contributed by atoms with van der Waals surface area (Å²) >= 11 is 5.73. The van der Waals surface area contributed by atoms with Crippen molar-refractivity contribution in [2.75, 3.05) is 6.54 Å². The first-order valence-corrected chi connectivity index (χ1v) is 5.52. The number of hydrogen-bond acceptors (Lipinski definition) is 2. The topological polar surface area (TPSA) is 46.2 Å². The van der Waals surface area contributed by atoms with Crippen LogP contribution in [0.5, 0.6) is 5.75 Å². The minimum Gasteiger partial charge on any atom is -0.508 e. The van der Waals surface area contributed by atoms with E-state index in [1.807, 2.05) is 0 Å². The van der Waals surface area contributed by atoms with E-state index in [4.69, 9.17) is 17.3 Å². The van der Waals surface area contributed by atoms with Crippen LogP contribution >= 0.6 is 11.6 Å². The number of nitrogens with two attached hydrogens (primary N) is 1. The molecule has 0 radical (unpaired) electrons. The molecule has 1 aromatic carbocycles. The molecule has 2 nitrogen and oxygen atoms in total. The number of halogens is 4. The first-order chi connectivity index (χ1) is 7.86. The number of hydrogen-bond donors (Lipinski definition) is 2. The van der Waals surface area contributed by atoms with Crippen molar-refractivity contribution in [3.63, 3.8) is 0 Å². The lowest BCUT2D eigenvalue weighted by atomic mass is 10.0. The van der Waals surface area contributed by atoms with Gasteiger partial charge in [0, 0.05) is 10.6 Å². The highest BCUT2D eigenvalue weighted by Gasteiger charge is 2.32. The predicted octanol–water partition coefficient (Wildman–Crippen LogP) is 3.35. The second-order valence-corrected chi connectivity index (χ2v) is 4.11. The third-order valence-electron chi connectivity index (χ3n) is 2.38. The van der Waals surface area contributed by atoms with Gasteiger partial charge in [-0.3, -0.25) is 0 Å². The standard InChI is InChI=1S/C11H13ClF3NO/c12-9-5-7(11(13,14)15)6-10(17)8(9)3-1-2-4-16/h5-6,17H,1-4,16H2. The number of rotatable bonds is 4. The predicted molar refractivity (Wildman–Crippen MR) is 60.1 cm³/mol. The molecule has 0 saturated carbocycles. The maximum absolute atomic E-state index is 12.4. The summed E-state index contributed by atoms with van der Waals surface area (Å²) in [6.07, 6.45) is -2.68. The van der Waals surface area contributed by atoms with Gasteiger partial charge in [-0.15, -0.1) is 0 Å². The molecule has 0 unspecified atom stereocenters. The second kappa shape index (κ2) is 5.60. The van der Waals surface area contributed by atoms with Crippen molar-refractivity contribution in [3.05, 3.63) is 28.3 Å². The summed E-state index contributed by atoms with van der Waals surface area (Å²) < 4.78 is 37.2. The van der Waals surface area contributed by atoms with Crippen LogP contribution in [0.1, 0.15) is 24.0 Å². The van der Waals surface area contributed by atoms with Crippen LogP contribution < -0.4 is 5.73 Å². The van der Waals surface area contributed by atoms with Crippen molar-refractivity contribution in [2.45, 2.75) is 25.4 Å². The van der Waals surface area contributed by atoms with E-state index >= 15 is 0 Å². The Morgan fingerprint density at radius 1 is 1.24 bits per heavy atom. The molecular weight excluding hydrogens is 255 g/mol. The molecular formula is C11H13ClF3NO. The quantitative estimate of drug-likeness (QED) is 0.822. The molecule has 0 aliphatic rings. The molecule has 0 saturated heterocycles. The highest BCUT2D eigenvalue weighted by molar-refractivity contribution is 6.31. The van der Waals surface area contributed by atoms with Crippen molar-refractivity contribution in [3.8, 4) is 5.75 Å². The zero-order valence-corrected chi connectivity index (χ0v) is 9.78. The van der Waals surface area contributed by atoms with Gasteiger partial charge < -0.3 is 10.8 Å². The molecule has 96 valence electrons. The van der Waals surface area contributed by atoms with E-state index in [9.17, 15) is 18.3 Å². The molecule has 1 rings (SSSR count). The lowest BCUT2D eigenvalue weighted by Crippen LogP contribution is -2.06. The number of benzene rings is 1. The van der Waals surface area contributed by atoms with Gasteiger partial charge in [0.05, 0.1) is 5.56 Å². The molecule has 3 N–H and O–H groups in total. The largest absolute Gasteiger partial charge is 0.508 e. The van der Waals surface area contributed by atoms with E-state index < -0.39 is 17.5 Å². The van der Waals surface area contributed by atoms with Crippen molar-refractivity contribution >= 4 is 11.6 Å². The molecule has 0 aliphatic heterocycles. The third kappa shape index (κ3) is 3.78. The van der Waals surface area contributed by atoms with Gasteiger partial charge in [0.2, 0.25) is 0 Å². The second-order valence-electron chi connectivity index (χ2n) is 3.70. The Morgan fingerprint density at radius 2 is 1.88 bits per heavy atom. The van der Waals surface area contributed by atoms with Crippen LogP contribution in [0.2, 0.25) is 5.02 Å². The summed E-state index contributed by atoms with van der Waals surface area (Å²) in [7, 11) is 0. The summed E-state index contributed by atoms with van der Waals surface area (Å²) in [6.45, 7) is 0.499. The lowest BCUT2D eigenvalue weighted by molar-refractivity contribution is -0.137. The third-order valence-corrected chi connectivity index (χ3v) is 2.72. The van der Waals surface area contributed by atoms with Crippen molar-refractivity contribution in [2.24, 2.45) is 5.73 Å². The highest BCUT2D eigenvalue weighted by Crippen LogP contribution is 2.37. The van der Waals surface area contributed by atoms with Gasteiger partial charge in [0.15, 0.2) is 0 Å². The number of unbranched alkanes of at least 4 members (excludes halogenated alkanes) is 1. The molecule has 0 heterocycles. The van der Waals surface area contributed by atoms with Crippen molar-refractivity contribution in [1.82, 2.24) is 0 Å².